The topological polar surface area (TPSA) is 40.6 Å². The highest BCUT2D eigenvalue weighted by molar-refractivity contribution is 6.16. The number of nitrogens with zero attached hydrogens (tertiary/aromatic N) is 5. The summed E-state index contributed by atoms with van der Waals surface area (Å²) in [5, 5.41) is 7.06. The summed E-state index contributed by atoms with van der Waals surface area (Å²) in [7, 11) is 0. The Bertz CT molecular complexity index is 4280. The first-order chi connectivity index (χ1) is 34.2. The molecule has 69 heavy (non-hydrogen) atoms. The monoisotopic (exact) mass is 879 g/mol. The molecule has 0 bridgehead atoms. The van der Waals surface area contributed by atoms with Gasteiger partial charge in [0.25, 0.3) is 0 Å². The number of hydrogen-bond donors (Lipinski definition) is 0. The van der Waals surface area contributed by atoms with Crippen LogP contribution in [0.2, 0.25) is 0 Å². The van der Waals surface area contributed by atoms with Crippen molar-refractivity contribution < 1.29 is 0 Å². The van der Waals surface area contributed by atoms with Gasteiger partial charge < -0.3 is 9.13 Å². The molecule has 0 amide bonds. The van der Waals surface area contributed by atoms with Crippen LogP contribution in [0, 0.1) is 0 Å². The Kier molecular flexibility index (Phi) is 8.83. The van der Waals surface area contributed by atoms with E-state index < -0.39 is 0 Å². The van der Waals surface area contributed by atoms with Gasteiger partial charge in [-0.2, -0.15) is 0 Å². The van der Waals surface area contributed by atoms with Crippen LogP contribution in [0.1, 0.15) is 0 Å². The minimum atomic E-state index is 0.696. The molecule has 322 valence electrons. The van der Waals surface area contributed by atoms with Crippen molar-refractivity contribution in [1.29, 1.82) is 0 Å². The Morgan fingerprint density at radius 3 is 1.23 bits per heavy atom. The normalized spacial score (nSPS) is 11.8. The molecule has 4 heterocycles. The number of hydrogen-bond acceptors (Lipinski definition) is 2. The van der Waals surface area contributed by atoms with Crippen molar-refractivity contribution in [1.82, 2.24) is 23.7 Å². The molecular weight excluding hydrogens is 839 g/mol. The van der Waals surface area contributed by atoms with Crippen LogP contribution in [-0.2, 0) is 0 Å². The summed E-state index contributed by atoms with van der Waals surface area (Å²) >= 11 is 0. The van der Waals surface area contributed by atoms with Crippen LogP contribution in [0.25, 0.3) is 128 Å². The Balaban J connectivity index is 0.921. The summed E-state index contributed by atoms with van der Waals surface area (Å²) in [6.45, 7) is 0. The van der Waals surface area contributed by atoms with E-state index >= 15 is 0 Å². The van der Waals surface area contributed by atoms with Gasteiger partial charge in [-0.15, -0.1) is 0 Å². The lowest BCUT2D eigenvalue weighted by Gasteiger charge is -2.11. The van der Waals surface area contributed by atoms with Gasteiger partial charge in [-0.25, -0.2) is 9.97 Å². The fraction of sp³-hybridized carbons (Fsp3) is 0. The van der Waals surface area contributed by atoms with E-state index in [1.807, 2.05) is 18.2 Å². The van der Waals surface area contributed by atoms with Crippen LogP contribution in [-0.4, -0.2) is 23.7 Å². The molecule has 0 radical (unpaired) electrons. The highest BCUT2D eigenvalue weighted by atomic mass is 15.1. The zero-order valence-electron chi connectivity index (χ0n) is 37.4. The van der Waals surface area contributed by atoms with Gasteiger partial charge in [0.1, 0.15) is 5.65 Å². The third-order valence-electron chi connectivity index (χ3n) is 13.8. The number of fused-ring (bicyclic) bond motifs is 9. The lowest BCUT2D eigenvalue weighted by molar-refractivity contribution is 1.11. The minimum absolute atomic E-state index is 0.696. The minimum Gasteiger partial charge on any atom is -0.309 e. The molecule has 0 fully saturated rings. The summed E-state index contributed by atoms with van der Waals surface area (Å²) in [4.78, 5) is 10.7. The predicted octanol–water partition coefficient (Wildman–Crippen LogP) is 16.4. The first kappa shape index (κ1) is 38.9. The summed E-state index contributed by atoms with van der Waals surface area (Å²) in [6.07, 6.45) is 0. The van der Waals surface area contributed by atoms with Crippen molar-refractivity contribution in [3.63, 3.8) is 0 Å². The fourth-order valence-electron chi connectivity index (χ4n) is 10.7. The quantitative estimate of drug-likeness (QED) is 0.160. The second kappa shape index (κ2) is 15.7. The lowest BCUT2D eigenvalue weighted by atomic mass is 10.00. The maximum atomic E-state index is 5.36. The van der Waals surface area contributed by atoms with Gasteiger partial charge in [0, 0.05) is 55.1 Å². The molecule has 0 unspecified atom stereocenters. The zero-order chi connectivity index (χ0) is 45.4. The Labute approximate surface area is 398 Å². The second-order valence-electron chi connectivity index (χ2n) is 17.8. The van der Waals surface area contributed by atoms with E-state index in [-0.39, 0.29) is 0 Å². The molecule has 0 spiro atoms. The third kappa shape index (κ3) is 6.25. The largest absolute Gasteiger partial charge is 0.309 e. The number of rotatable bonds is 7. The highest BCUT2D eigenvalue weighted by Gasteiger charge is 2.22. The molecule has 5 nitrogen and oxygen atoms in total. The molecule has 0 atom stereocenters. The molecule has 0 saturated heterocycles. The maximum absolute atomic E-state index is 5.36. The number of para-hydroxylation sites is 4. The Hall–Kier alpha value is -9.32. The van der Waals surface area contributed by atoms with Crippen molar-refractivity contribution in [3.8, 4) is 62.0 Å². The molecule has 0 aliphatic rings. The predicted molar refractivity (Wildman–Crippen MR) is 287 cm³/mol. The zero-order valence-corrected chi connectivity index (χ0v) is 37.4. The van der Waals surface area contributed by atoms with Gasteiger partial charge in [0.05, 0.1) is 38.7 Å². The van der Waals surface area contributed by atoms with Crippen molar-refractivity contribution >= 4 is 65.5 Å². The molecule has 0 saturated carbocycles. The maximum Gasteiger partial charge on any atom is 0.162 e. The summed E-state index contributed by atoms with van der Waals surface area (Å²) in [5.74, 6) is 0.696. The summed E-state index contributed by atoms with van der Waals surface area (Å²) < 4.78 is 7.08. The number of aromatic nitrogens is 5. The van der Waals surface area contributed by atoms with Gasteiger partial charge in [-0.05, 0) is 107 Å². The molecule has 4 aromatic heterocycles. The van der Waals surface area contributed by atoms with Crippen molar-refractivity contribution in [2.75, 3.05) is 0 Å². The molecular formula is C64H41N5. The highest BCUT2D eigenvalue weighted by Crippen LogP contribution is 2.42. The smallest absolute Gasteiger partial charge is 0.162 e. The average molecular weight is 880 g/mol. The van der Waals surface area contributed by atoms with Gasteiger partial charge in [-0.1, -0.05) is 164 Å². The lowest BCUT2D eigenvalue weighted by Crippen LogP contribution is -1.99. The van der Waals surface area contributed by atoms with Crippen LogP contribution in [0.15, 0.2) is 249 Å². The average Bonchev–Trinajstić information content (AvgIpc) is 4.06. The number of benzene rings is 10. The fourth-order valence-corrected chi connectivity index (χ4v) is 10.7. The van der Waals surface area contributed by atoms with Crippen molar-refractivity contribution in [3.05, 3.63) is 249 Å². The van der Waals surface area contributed by atoms with Gasteiger partial charge in [0.2, 0.25) is 0 Å². The van der Waals surface area contributed by atoms with E-state index in [4.69, 9.17) is 9.97 Å². The van der Waals surface area contributed by atoms with Crippen LogP contribution >= 0.6 is 0 Å². The van der Waals surface area contributed by atoms with Gasteiger partial charge >= 0.3 is 0 Å². The van der Waals surface area contributed by atoms with Crippen molar-refractivity contribution in [2.24, 2.45) is 0 Å². The van der Waals surface area contributed by atoms with Crippen LogP contribution in [0.4, 0.5) is 0 Å². The molecule has 14 aromatic rings. The van der Waals surface area contributed by atoms with E-state index in [0.29, 0.717) is 5.82 Å². The standard InChI is InChI=1S/C64H41N5/c1-5-18-42(19-6-1)62-61-55-41-47(34-37-60(55)69(49-25-11-4-12-26-49)64(61)66-63(65-62)43-20-7-2-8-21-43)44-22-17-27-50(38-44)68-57-31-16-14-29-52(57)54-40-46(33-36-59(54)68)45-32-35-58-53(39-45)51-28-13-15-30-56(51)67(58)48-23-9-3-10-24-48/h1-41H. The molecule has 14 rings (SSSR count). The molecule has 10 aromatic carbocycles. The third-order valence-corrected chi connectivity index (χ3v) is 13.8. The van der Waals surface area contributed by atoms with E-state index in [2.05, 4.69) is 244 Å². The molecule has 0 N–H and O–H groups in total. The first-order valence-corrected chi connectivity index (χ1v) is 23.5. The Morgan fingerprint density at radius 2 is 0.652 bits per heavy atom. The van der Waals surface area contributed by atoms with E-state index in [1.54, 1.807) is 0 Å². The molecule has 5 heteroatoms. The first-order valence-electron chi connectivity index (χ1n) is 23.5. The van der Waals surface area contributed by atoms with Crippen molar-refractivity contribution in [2.45, 2.75) is 0 Å². The van der Waals surface area contributed by atoms with E-state index in [1.165, 1.54) is 54.7 Å². The summed E-state index contributed by atoms with van der Waals surface area (Å²) in [5.41, 5.74) is 17.6. The van der Waals surface area contributed by atoms with Gasteiger partial charge in [0.15, 0.2) is 5.82 Å². The Morgan fingerprint density at radius 1 is 0.246 bits per heavy atom. The van der Waals surface area contributed by atoms with Gasteiger partial charge in [-0.3, -0.25) is 4.57 Å². The van der Waals surface area contributed by atoms with E-state index in [9.17, 15) is 0 Å². The second-order valence-corrected chi connectivity index (χ2v) is 17.8. The van der Waals surface area contributed by atoms with E-state index in [0.717, 1.165) is 66.9 Å². The van der Waals surface area contributed by atoms with Crippen LogP contribution < -0.4 is 0 Å². The van der Waals surface area contributed by atoms with Crippen LogP contribution in [0.3, 0.4) is 0 Å². The van der Waals surface area contributed by atoms with Crippen LogP contribution in [0.5, 0.6) is 0 Å². The summed E-state index contributed by atoms with van der Waals surface area (Å²) in [6, 6.07) is 89.2. The molecule has 0 aliphatic heterocycles. The SMILES string of the molecule is c1ccc(-c2nc(-c3ccccc3)c3c4cc(-c5cccc(-n6c7ccccc7c7cc(-c8ccc9c(c8)c8ccccc8n9-c8ccccc8)ccc76)c5)ccc4n(-c4ccccc4)c3n2)cc1. The molecule has 0 aliphatic carbocycles.